The first-order valence-corrected chi connectivity index (χ1v) is 15.2. The van der Waals surface area contributed by atoms with Gasteiger partial charge in [-0.3, -0.25) is 14.4 Å². The van der Waals surface area contributed by atoms with Gasteiger partial charge in [0.15, 0.2) is 0 Å². The van der Waals surface area contributed by atoms with Crippen LogP contribution < -0.4 is 4.74 Å². The lowest BCUT2D eigenvalue weighted by atomic mass is 9.95. The van der Waals surface area contributed by atoms with Crippen LogP contribution in [0.2, 0.25) is 0 Å². The third-order valence-electron chi connectivity index (χ3n) is 6.49. The van der Waals surface area contributed by atoms with E-state index in [-0.39, 0.29) is 31.0 Å². The van der Waals surface area contributed by atoms with E-state index < -0.39 is 28.7 Å². The lowest BCUT2D eigenvalue weighted by Crippen LogP contribution is -2.53. The molecule has 2 rings (SSSR count). The Kier molecular flexibility index (Phi) is 13.3. The fourth-order valence-corrected chi connectivity index (χ4v) is 5.02. The number of hydrazine groups is 1. The van der Waals surface area contributed by atoms with E-state index in [0.29, 0.717) is 19.6 Å². The van der Waals surface area contributed by atoms with E-state index in [2.05, 4.69) is 5.01 Å². The summed E-state index contributed by atoms with van der Waals surface area (Å²) < 4.78 is 22.8. The van der Waals surface area contributed by atoms with Gasteiger partial charge in [-0.15, -0.1) is 0 Å². The fraction of sp³-hybridized carbons (Fsp3) is 0.727. The second-order valence-electron chi connectivity index (χ2n) is 14.1. The van der Waals surface area contributed by atoms with Gasteiger partial charge in [-0.25, -0.2) is 10.0 Å². The molecule has 0 amide bonds. The average Bonchev–Trinajstić information content (AvgIpc) is 3.00. The minimum Gasteiger partial charge on any atom is -0.494 e. The molecule has 1 aromatic carbocycles. The summed E-state index contributed by atoms with van der Waals surface area (Å²) in [5.41, 5.74) is -1.84. The Morgan fingerprint density at radius 2 is 1.29 bits per heavy atom. The first kappa shape index (κ1) is 35.5. The average molecular weight is 591 g/mol. The molecule has 1 heterocycles. The minimum atomic E-state index is -0.653. The van der Waals surface area contributed by atoms with Crippen molar-refractivity contribution in [1.82, 2.24) is 10.0 Å². The van der Waals surface area contributed by atoms with E-state index in [4.69, 9.17) is 18.9 Å². The number of esters is 3. The van der Waals surface area contributed by atoms with Gasteiger partial charge in [0.2, 0.25) is 0 Å². The molecular formula is C33H54N2O7. The molecule has 9 nitrogen and oxygen atoms in total. The lowest BCUT2D eigenvalue weighted by molar-refractivity contribution is -0.172. The van der Waals surface area contributed by atoms with Gasteiger partial charge < -0.3 is 18.9 Å². The molecule has 1 aliphatic heterocycles. The smallest absolute Gasteiger partial charge is 0.322 e. The standard InChI is InChI=1S/C33H54N2O7/c1-31(2,3)40-28(36)22-25-17-18-26(14-13-21-39-27-15-11-10-12-16-27)35(20-19-25)34(23-29(37)41-32(4,5)6)24-30(38)42-33(7,8)9/h10-12,15-16,25-26H,13-14,17-24H2,1-9H3. The van der Waals surface area contributed by atoms with E-state index in [1.54, 1.807) is 5.01 Å². The first-order valence-electron chi connectivity index (χ1n) is 15.2. The van der Waals surface area contributed by atoms with Gasteiger partial charge in [0, 0.05) is 19.0 Å². The molecule has 238 valence electrons. The van der Waals surface area contributed by atoms with Gasteiger partial charge in [0.1, 0.15) is 35.6 Å². The van der Waals surface area contributed by atoms with E-state index in [9.17, 15) is 14.4 Å². The van der Waals surface area contributed by atoms with Crippen LogP contribution >= 0.6 is 0 Å². The van der Waals surface area contributed by atoms with Gasteiger partial charge in [0.25, 0.3) is 0 Å². The van der Waals surface area contributed by atoms with Crippen LogP contribution in [0.15, 0.2) is 30.3 Å². The number of para-hydroxylation sites is 1. The van der Waals surface area contributed by atoms with E-state index >= 15 is 0 Å². The Morgan fingerprint density at radius 3 is 1.81 bits per heavy atom. The molecular weight excluding hydrogens is 536 g/mol. The number of rotatable bonds is 12. The number of carbonyl (C=O) groups is 3. The molecule has 2 atom stereocenters. The highest BCUT2D eigenvalue weighted by Crippen LogP contribution is 2.29. The van der Waals surface area contributed by atoms with Crippen molar-refractivity contribution in [3.05, 3.63) is 30.3 Å². The molecule has 0 N–H and O–H groups in total. The van der Waals surface area contributed by atoms with Crippen LogP contribution in [0.25, 0.3) is 0 Å². The van der Waals surface area contributed by atoms with Crippen molar-refractivity contribution >= 4 is 17.9 Å². The van der Waals surface area contributed by atoms with Crippen LogP contribution in [0.3, 0.4) is 0 Å². The van der Waals surface area contributed by atoms with Crippen LogP contribution in [0.1, 0.15) is 101 Å². The SMILES string of the molecule is CC(C)(C)OC(=O)CC1CCC(CCCOc2ccccc2)N(N(CC(=O)OC(C)(C)C)CC(=O)OC(C)(C)C)CC1. The summed E-state index contributed by atoms with van der Waals surface area (Å²) in [6, 6.07) is 9.74. The predicted molar refractivity (Wildman–Crippen MR) is 163 cm³/mol. The number of benzene rings is 1. The summed E-state index contributed by atoms with van der Waals surface area (Å²) in [6.45, 7) is 17.5. The van der Waals surface area contributed by atoms with Gasteiger partial charge in [-0.2, -0.15) is 0 Å². The third kappa shape index (κ3) is 15.0. The van der Waals surface area contributed by atoms with Crippen molar-refractivity contribution < 1.29 is 33.3 Å². The molecule has 0 aliphatic carbocycles. The zero-order valence-corrected chi connectivity index (χ0v) is 27.4. The zero-order chi connectivity index (χ0) is 31.6. The predicted octanol–water partition coefficient (Wildman–Crippen LogP) is 5.95. The third-order valence-corrected chi connectivity index (χ3v) is 6.49. The second kappa shape index (κ2) is 15.7. The van der Waals surface area contributed by atoms with Gasteiger partial charge in [-0.1, -0.05) is 18.2 Å². The Morgan fingerprint density at radius 1 is 0.762 bits per heavy atom. The summed E-state index contributed by atoms with van der Waals surface area (Å²) in [7, 11) is 0. The molecule has 9 heteroatoms. The quantitative estimate of drug-likeness (QED) is 0.166. The van der Waals surface area contributed by atoms with E-state index in [1.807, 2.05) is 92.6 Å². The van der Waals surface area contributed by atoms with E-state index in [1.165, 1.54) is 0 Å². The Balaban J connectivity index is 2.23. The molecule has 0 bridgehead atoms. The molecule has 2 unspecified atom stereocenters. The number of carbonyl (C=O) groups excluding carboxylic acids is 3. The topological polar surface area (TPSA) is 94.6 Å². The fourth-order valence-electron chi connectivity index (χ4n) is 5.02. The molecule has 0 spiro atoms. The van der Waals surface area contributed by atoms with Crippen molar-refractivity contribution in [2.24, 2.45) is 5.92 Å². The molecule has 42 heavy (non-hydrogen) atoms. The Hall–Kier alpha value is -2.65. The van der Waals surface area contributed by atoms with Crippen LogP contribution in [0.5, 0.6) is 5.75 Å². The highest BCUT2D eigenvalue weighted by molar-refractivity contribution is 5.75. The van der Waals surface area contributed by atoms with Gasteiger partial charge in [-0.05, 0) is 112 Å². The zero-order valence-electron chi connectivity index (χ0n) is 27.4. The van der Waals surface area contributed by atoms with Crippen LogP contribution in [0, 0.1) is 5.92 Å². The molecule has 0 saturated carbocycles. The van der Waals surface area contributed by atoms with Crippen molar-refractivity contribution in [3.63, 3.8) is 0 Å². The van der Waals surface area contributed by atoms with Crippen LogP contribution in [0.4, 0.5) is 0 Å². The number of hydrogen-bond donors (Lipinski definition) is 0. The molecule has 1 aromatic rings. The Bertz CT molecular complexity index is 962. The summed E-state index contributed by atoms with van der Waals surface area (Å²) >= 11 is 0. The van der Waals surface area contributed by atoms with E-state index in [0.717, 1.165) is 37.9 Å². The van der Waals surface area contributed by atoms with Crippen molar-refractivity contribution in [3.8, 4) is 5.75 Å². The van der Waals surface area contributed by atoms with Crippen molar-refractivity contribution in [2.45, 2.75) is 124 Å². The normalized spacial score (nSPS) is 18.7. The minimum absolute atomic E-state index is 0.0397. The highest BCUT2D eigenvalue weighted by Gasteiger charge is 2.34. The monoisotopic (exact) mass is 590 g/mol. The summed E-state index contributed by atoms with van der Waals surface area (Å²) in [6.07, 6.45) is 4.30. The molecule has 1 aliphatic rings. The Labute approximate surface area is 253 Å². The molecule has 0 aromatic heterocycles. The van der Waals surface area contributed by atoms with Gasteiger partial charge in [0.05, 0.1) is 6.61 Å². The second-order valence-corrected chi connectivity index (χ2v) is 14.1. The lowest BCUT2D eigenvalue weighted by Gasteiger charge is -2.39. The van der Waals surface area contributed by atoms with Gasteiger partial charge >= 0.3 is 17.9 Å². The van der Waals surface area contributed by atoms with Crippen LogP contribution in [-0.4, -0.2) is 77.0 Å². The number of ether oxygens (including phenoxy) is 4. The van der Waals surface area contributed by atoms with Crippen molar-refractivity contribution in [2.75, 3.05) is 26.2 Å². The first-order chi connectivity index (χ1) is 19.4. The summed E-state index contributed by atoms with van der Waals surface area (Å²) in [5.74, 6) is -0.0615. The maximum Gasteiger partial charge on any atom is 0.322 e. The van der Waals surface area contributed by atoms with Crippen LogP contribution in [-0.2, 0) is 28.6 Å². The maximum absolute atomic E-state index is 13.0. The highest BCUT2D eigenvalue weighted by atomic mass is 16.6. The number of nitrogens with zero attached hydrogens (tertiary/aromatic N) is 2. The maximum atomic E-state index is 13.0. The molecule has 1 saturated heterocycles. The largest absolute Gasteiger partial charge is 0.494 e. The summed E-state index contributed by atoms with van der Waals surface area (Å²) in [5, 5.41) is 3.91. The number of hydrogen-bond acceptors (Lipinski definition) is 9. The van der Waals surface area contributed by atoms with Crippen molar-refractivity contribution in [1.29, 1.82) is 0 Å². The summed E-state index contributed by atoms with van der Waals surface area (Å²) in [4.78, 5) is 38.7. The molecule has 0 radical (unpaired) electrons. The molecule has 1 fully saturated rings.